The highest BCUT2D eigenvalue weighted by Gasteiger charge is 2.53. The van der Waals surface area contributed by atoms with Gasteiger partial charge in [-0.05, 0) is 29.8 Å². The van der Waals surface area contributed by atoms with Gasteiger partial charge in [-0.15, -0.1) is 0 Å². The first kappa shape index (κ1) is 17.9. The highest BCUT2D eigenvalue weighted by atomic mass is 19.4. The molecule has 4 rings (SSSR count). The number of carbonyl (C=O) groups is 1. The average Bonchev–Trinajstić information content (AvgIpc) is 3.15. The molecule has 2 aromatic rings. The molecular formula is C19H18F3N3O2. The number of carbonyl (C=O) groups excluding carboxylic acids is 1. The summed E-state index contributed by atoms with van der Waals surface area (Å²) in [7, 11) is 0. The minimum Gasteiger partial charge on any atom is -0.367 e. The molecular weight excluding hydrogens is 359 g/mol. The zero-order valence-electron chi connectivity index (χ0n) is 14.5. The first-order chi connectivity index (χ1) is 12.8. The van der Waals surface area contributed by atoms with E-state index < -0.39 is 17.8 Å². The van der Waals surface area contributed by atoms with Crippen LogP contribution in [0.3, 0.4) is 0 Å². The number of halogens is 3. The van der Waals surface area contributed by atoms with Crippen LogP contribution in [0.25, 0.3) is 0 Å². The molecule has 1 aromatic carbocycles. The van der Waals surface area contributed by atoms with Gasteiger partial charge in [0, 0.05) is 36.0 Å². The molecule has 0 saturated carbocycles. The van der Waals surface area contributed by atoms with Gasteiger partial charge in [0.1, 0.15) is 11.3 Å². The summed E-state index contributed by atoms with van der Waals surface area (Å²) in [6.07, 6.45) is -3.62. The number of morpholine rings is 1. The van der Waals surface area contributed by atoms with Gasteiger partial charge in [0.15, 0.2) is 0 Å². The summed E-state index contributed by atoms with van der Waals surface area (Å²) < 4.78 is 44.2. The third kappa shape index (κ3) is 3.08. The van der Waals surface area contributed by atoms with E-state index in [-0.39, 0.29) is 11.2 Å². The normalized spacial score (nSPS) is 27.0. The van der Waals surface area contributed by atoms with E-state index >= 15 is 0 Å². The Balaban J connectivity index is 1.50. The van der Waals surface area contributed by atoms with Gasteiger partial charge in [-0.1, -0.05) is 19.1 Å². The molecule has 0 radical (unpaired) electrons. The summed E-state index contributed by atoms with van der Waals surface area (Å²) in [6, 6.07) is 9.56. The van der Waals surface area contributed by atoms with Crippen LogP contribution in [-0.2, 0) is 16.5 Å². The molecule has 5 nitrogen and oxygen atoms in total. The molecule has 2 N–H and O–H groups in total. The Hall–Kier alpha value is -2.45. The molecule has 2 saturated heterocycles. The highest BCUT2D eigenvalue weighted by Crippen LogP contribution is 2.45. The average molecular weight is 377 g/mol. The fourth-order valence-corrected chi connectivity index (χ4v) is 3.78. The fourth-order valence-electron chi connectivity index (χ4n) is 3.78. The summed E-state index contributed by atoms with van der Waals surface area (Å²) >= 11 is 0. The van der Waals surface area contributed by atoms with Crippen LogP contribution in [0, 0.1) is 5.92 Å². The SMILES string of the molecule is C[C@@H]1[C@H]2CO[C@]1(c1ccc(NC(=O)c3ccnc(C(F)(F)F)c3)cc1)CN2. The Bertz CT molecular complexity index is 859. The number of hydrogen-bond acceptors (Lipinski definition) is 4. The van der Waals surface area contributed by atoms with Gasteiger partial charge in [0.05, 0.1) is 6.61 Å². The van der Waals surface area contributed by atoms with E-state index in [2.05, 4.69) is 22.5 Å². The van der Waals surface area contributed by atoms with Crippen molar-refractivity contribution in [3.63, 3.8) is 0 Å². The molecule has 27 heavy (non-hydrogen) atoms. The number of fused-ring (bicyclic) bond motifs is 2. The lowest BCUT2D eigenvalue weighted by Gasteiger charge is -2.29. The smallest absolute Gasteiger partial charge is 0.367 e. The van der Waals surface area contributed by atoms with Crippen LogP contribution in [0.15, 0.2) is 42.6 Å². The first-order valence-electron chi connectivity index (χ1n) is 8.62. The lowest BCUT2D eigenvalue weighted by molar-refractivity contribution is -0.141. The second-order valence-electron chi connectivity index (χ2n) is 6.94. The van der Waals surface area contributed by atoms with E-state index in [4.69, 9.17) is 4.74 Å². The summed E-state index contributed by atoms with van der Waals surface area (Å²) in [5.41, 5.74) is -0.0433. The number of alkyl halides is 3. The summed E-state index contributed by atoms with van der Waals surface area (Å²) in [5.74, 6) is -0.280. The summed E-state index contributed by atoms with van der Waals surface area (Å²) in [4.78, 5) is 15.5. The van der Waals surface area contributed by atoms with Crippen molar-refractivity contribution in [3.05, 3.63) is 59.4 Å². The Kier molecular flexibility index (Phi) is 4.20. The van der Waals surface area contributed by atoms with Crippen LogP contribution in [0.4, 0.5) is 18.9 Å². The number of nitrogens with zero attached hydrogens (tertiary/aromatic N) is 1. The second kappa shape index (κ2) is 6.31. The van der Waals surface area contributed by atoms with Crippen molar-refractivity contribution in [2.45, 2.75) is 24.7 Å². The molecule has 2 aliphatic rings. The maximum Gasteiger partial charge on any atom is 0.433 e. The van der Waals surface area contributed by atoms with E-state index in [9.17, 15) is 18.0 Å². The summed E-state index contributed by atoms with van der Waals surface area (Å²) in [5, 5.41) is 6.05. The third-order valence-corrected chi connectivity index (χ3v) is 5.43. The van der Waals surface area contributed by atoms with Crippen LogP contribution in [0.1, 0.15) is 28.5 Å². The van der Waals surface area contributed by atoms with Gasteiger partial charge in [0.25, 0.3) is 5.91 Å². The number of pyridine rings is 1. The van der Waals surface area contributed by atoms with Crippen LogP contribution < -0.4 is 10.6 Å². The second-order valence-corrected chi connectivity index (χ2v) is 6.94. The standard InChI is InChI=1S/C19H18F3N3O2/c1-11-15-9-27-18(11,10-24-15)13-2-4-14(5-3-13)25-17(26)12-6-7-23-16(8-12)19(20,21)22/h2-8,11,15,24H,9-10H2,1H3,(H,25,26)/t11-,15-,18-/m1/s1. The van der Waals surface area contributed by atoms with E-state index in [1.165, 1.54) is 6.07 Å². The molecule has 1 amide bonds. The van der Waals surface area contributed by atoms with E-state index in [0.717, 1.165) is 24.4 Å². The van der Waals surface area contributed by atoms with Crippen LogP contribution in [0.5, 0.6) is 0 Å². The highest BCUT2D eigenvalue weighted by molar-refractivity contribution is 6.04. The predicted octanol–water partition coefficient (Wildman–Crippen LogP) is 3.19. The van der Waals surface area contributed by atoms with Crippen LogP contribution in [-0.4, -0.2) is 30.1 Å². The van der Waals surface area contributed by atoms with E-state index in [1.807, 2.05) is 12.1 Å². The van der Waals surface area contributed by atoms with Crippen molar-refractivity contribution < 1.29 is 22.7 Å². The minimum absolute atomic E-state index is 0.101. The number of benzene rings is 1. The first-order valence-corrected chi connectivity index (χ1v) is 8.62. The van der Waals surface area contributed by atoms with Gasteiger partial charge >= 0.3 is 6.18 Å². The molecule has 2 bridgehead atoms. The van der Waals surface area contributed by atoms with Gasteiger partial charge in [-0.3, -0.25) is 9.78 Å². The number of amides is 1. The van der Waals surface area contributed by atoms with Gasteiger partial charge in [-0.2, -0.15) is 13.2 Å². The Morgan fingerprint density at radius 1 is 1.30 bits per heavy atom. The van der Waals surface area contributed by atoms with Gasteiger partial charge in [-0.25, -0.2) is 0 Å². The van der Waals surface area contributed by atoms with Crippen molar-refractivity contribution in [2.75, 3.05) is 18.5 Å². The Labute approximate surface area is 153 Å². The van der Waals surface area contributed by atoms with Crippen molar-refractivity contribution in [1.82, 2.24) is 10.3 Å². The fraction of sp³-hybridized carbons (Fsp3) is 0.368. The van der Waals surface area contributed by atoms with Crippen molar-refractivity contribution in [1.29, 1.82) is 0 Å². The monoisotopic (exact) mass is 377 g/mol. The Morgan fingerprint density at radius 3 is 2.59 bits per heavy atom. The molecule has 0 unspecified atom stereocenters. The molecule has 142 valence electrons. The number of hydrogen-bond donors (Lipinski definition) is 2. The lowest BCUT2D eigenvalue weighted by Crippen LogP contribution is -2.37. The molecule has 1 aromatic heterocycles. The molecule has 0 aliphatic carbocycles. The van der Waals surface area contributed by atoms with Crippen molar-refractivity contribution >= 4 is 11.6 Å². The zero-order valence-corrected chi connectivity index (χ0v) is 14.5. The molecule has 8 heteroatoms. The maximum absolute atomic E-state index is 12.7. The predicted molar refractivity (Wildman–Crippen MR) is 92.2 cm³/mol. The zero-order chi connectivity index (χ0) is 19.2. The topological polar surface area (TPSA) is 63.2 Å². The number of ether oxygens (including phenoxy) is 1. The lowest BCUT2D eigenvalue weighted by atomic mass is 9.84. The largest absolute Gasteiger partial charge is 0.433 e. The number of nitrogens with one attached hydrogen (secondary N) is 2. The summed E-state index contributed by atoms with van der Waals surface area (Å²) in [6.45, 7) is 3.56. The molecule has 3 heterocycles. The minimum atomic E-state index is -4.59. The number of aromatic nitrogens is 1. The van der Waals surface area contributed by atoms with Crippen molar-refractivity contribution in [2.24, 2.45) is 5.92 Å². The molecule has 2 fully saturated rings. The third-order valence-electron chi connectivity index (χ3n) is 5.43. The molecule has 0 spiro atoms. The van der Waals surface area contributed by atoms with E-state index in [0.29, 0.717) is 24.3 Å². The Morgan fingerprint density at radius 2 is 2.04 bits per heavy atom. The molecule has 2 aliphatic heterocycles. The number of rotatable bonds is 3. The quantitative estimate of drug-likeness (QED) is 0.863. The molecule has 3 atom stereocenters. The number of anilines is 1. The maximum atomic E-state index is 12.7. The van der Waals surface area contributed by atoms with Crippen molar-refractivity contribution in [3.8, 4) is 0 Å². The van der Waals surface area contributed by atoms with Gasteiger partial charge in [0.2, 0.25) is 0 Å². The van der Waals surface area contributed by atoms with E-state index in [1.54, 1.807) is 12.1 Å². The van der Waals surface area contributed by atoms with Crippen LogP contribution in [0.2, 0.25) is 0 Å². The van der Waals surface area contributed by atoms with Crippen LogP contribution >= 0.6 is 0 Å². The van der Waals surface area contributed by atoms with Gasteiger partial charge < -0.3 is 15.4 Å².